The first-order chi connectivity index (χ1) is 8.66. The average Bonchev–Trinajstić information content (AvgIpc) is 2.36. The molecule has 0 radical (unpaired) electrons. The molecule has 1 aromatic rings. The predicted octanol–water partition coefficient (Wildman–Crippen LogP) is 2.84. The van der Waals surface area contributed by atoms with Crippen LogP contribution in [0.3, 0.4) is 0 Å². The SMILES string of the molecule is CSCCCCCNC(=O)c1cccc(C)c1N. The number of rotatable bonds is 7. The maximum atomic E-state index is 11.9. The van der Waals surface area contributed by atoms with Gasteiger partial charge in [-0.05, 0) is 43.4 Å². The molecule has 0 aliphatic carbocycles. The van der Waals surface area contributed by atoms with Gasteiger partial charge in [-0.25, -0.2) is 0 Å². The molecule has 0 aliphatic heterocycles. The molecule has 0 saturated carbocycles. The van der Waals surface area contributed by atoms with Gasteiger partial charge in [-0.3, -0.25) is 4.79 Å². The first-order valence-electron chi connectivity index (χ1n) is 6.29. The van der Waals surface area contributed by atoms with Crippen LogP contribution in [-0.2, 0) is 0 Å². The molecule has 0 bridgehead atoms. The minimum absolute atomic E-state index is 0.0685. The van der Waals surface area contributed by atoms with E-state index < -0.39 is 0 Å². The van der Waals surface area contributed by atoms with Gasteiger partial charge in [0, 0.05) is 12.2 Å². The third-order valence-corrected chi connectivity index (χ3v) is 3.58. The van der Waals surface area contributed by atoms with Crippen molar-refractivity contribution in [3.8, 4) is 0 Å². The minimum Gasteiger partial charge on any atom is -0.398 e. The fourth-order valence-electron chi connectivity index (χ4n) is 1.72. The Morgan fingerprint density at radius 1 is 1.33 bits per heavy atom. The van der Waals surface area contributed by atoms with E-state index in [0.29, 0.717) is 11.3 Å². The molecule has 0 unspecified atom stereocenters. The van der Waals surface area contributed by atoms with Crippen LogP contribution in [0.15, 0.2) is 18.2 Å². The predicted molar refractivity (Wildman–Crippen MR) is 80.2 cm³/mol. The summed E-state index contributed by atoms with van der Waals surface area (Å²) in [6.45, 7) is 2.63. The van der Waals surface area contributed by atoms with E-state index >= 15 is 0 Å². The first-order valence-corrected chi connectivity index (χ1v) is 7.68. The van der Waals surface area contributed by atoms with E-state index in [0.717, 1.165) is 24.9 Å². The molecule has 1 aromatic carbocycles. The highest BCUT2D eigenvalue weighted by atomic mass is 32.2. The molecule has 0 heterocycles. The van der Waals surface area contributed by atoms with E-state index in [4.69, 9.17) is 5.73 Å². The number of aryl methyl sites for hydroxylation is 1. The number of carbonyl (C=O) groups excluding carboxylic acids is 1. The number of nitrogens with two attached hydrogens (primary N) is 1. The highest BCUT2D eigenvalue weighted by molar-refractivity contribution is 7.98. The fourth-order valence-corrected chi connectivity index (χ4v) is 2.22. The van der Waals surface area contributed by atoms with Crippen molar-refractivity contribution in [2.24, 2.45) is 0 Å². The molecule has 0 aliphatic rings. The molecule has 0 fully saturated rings. The zero-order valence-corrected chi connectivity index (χ0v) is 12.0. The van der Waals surface area contributed by atoms with E-state index in [9.17, 15) is 4.79 Å². The Balaban J connectivity index is 2.35. The van der Waals surface area contributed by atoms with Crippen LogP contribution in [0.1, 0.15) is 35.2 Å². The van der Waals surface area contributed by atoms with Crippen molar-refractivity contribution in [3.05, 3.63) is 29.3 Å². The van der Waals surface area contributed by atoms with Crippen molar-refractivity contribution < 1.29 is 4.79 Å². The molecule has 1 rings (SSSR count). The van der Waals surface area contributed by atoms with Crippen molar-refractivity contribution in [1.29, 1.82) is 0 Å². The van der Waals surface area contributed by atoms with Gasteiger partial charge in [0.25, 0.3) is 5.91 Å². The van der Waals surface area contributed by atoms with E-state index in [2.05, 4.69) is 11.6 Å². The summed E-state index contributed by atoms with van der Waals surface area (Å²) in [5, 5.41) is 2.92. The van der Waals surface area contributed by atoms with Crippen LogP contribution in [0.25, 0.3) is 0 Å². The lowest BCUT2D eigenvalue weighted by Gasteiger charge is -2.09. The van der Waals surface area contributed by atoms with E-state index in [1.807, 2.05) is 30.8 Å². The lowest BCUT2D eigenvalue weighted by Crippen LogP contribution is -2.25. The topological polar surface area (TPSA) is 55.1 Å². The van der Waals surface area contributed by atoms with E-state index in [1.54, 1.807) is 6.07 Å². The smallest absolute Gasteiger partial charge is 0.253 e. The summed E-state index contributed by atoms with van der Waals surface area (Å²) in [7, 11) is 0. The minimum atomic E-state index is -0.0685. The Labute approximate surface area is 114 Å². The number of hydrogen-bond donors (Lipinski definition) is 2. The summed E-state index contributed by atoms with van der Waals surface area (Å²) < 4.78 is 0. The Morgan fingerprint density at radius 3 is 2.83 bits per heavy atom. The molecule has 3 nitrogen and oxygen atoms in total. The lowest BCUT2D eigenvalue weighted by atomic mass is 10.1. The summed E-state index contributed by atoms with van der Waals surface area (Å²) in [4.78, 5) is 11.9. The van der Waals surface area contributed by atoms with Gasteiger partial charge in [0.2, 0.25) is 0 Å². The molecule has 4 heteroatoms. The number of unbranched alkanes of at least 4 members (excludes halogenated alkanes) is 2. The van der Waals surface area contributed by atoms with Crippen LogP contribution in [0.5, 0.6) is 0 Å². The third kappa shape index (κ3) is 4.61. The summed E-state index contributed by atoms with van der Waals surface area (Å²) in [5.41, 5.74) is 8.00. The molecule has 1 amide bonds. The number of thioether (sulfide) groups is 1. The number of amides is 1. The Hall–Kier alpha value is -1.16. The summed E-state index contributed by atoms with van der Waals surface area (Å²) in [6, 6.07) is 5.54. The van der Waals surface area contributed by atoms with Crippen molar-refractivity contribution in [3.63, 3.8) is 0 Å². The van der Waals surface area contributed by atoms with Gasteiger partial charge in [-0.2, -0.15) is 11.8 Å². The number of anilines is 1. The van der Waals surface area contributed by atoms with Crippen LogP contribution >= 0.6 is 11.8 Å². The quantitative estimate of drug-likeness (QED) is 0.589. The second-order valence-electron chi connectivity index (χ2n) is 4.35. The molecular formula is C14H22N2OS. The van der Waals surface area contributed by atoms with Crippen LogP contribution in [0.4, 0.5) is 5.69 Å². The third-order valence-electron chi connectivity index (χ3n) is 2.88. The van der Waals surface area contributed by atoms with Gasteiger partial charge in [0.1, 0.15) is 0 Å². The zero-order valence-electron chi connectivity index (χ0n) is 11.2. The first kappa shape index (κ1) is 14.9. The molecule has 18 heavy (non-hydrogen) atoms. The molecule has 0 aromatic heterocycles. The van der Waals surface area contributed by atoms with Gasteiger partial charge < -0.3 is 11.1 Å². The average molecular weight is 266 g/mol. The maximum absolute atomic E-state index is 11.9. The molecule has 0 spiro atoms. The van der Waals surface area contributed by atoms with Crippen molar-refractivity contribution >= 4 is 23.4 Å². The number of nitrogens with one attached hydrogen (secondary N) is 1. The lowest BCUT2D eigenvalue weighted by molar-refractivity contribution is 0.0954. The number of benzene rings is 1. The number of nitrogen functional groups attached to an aromatic ring is 1. The Kier molecular flexibility index (Phi) is 6.65. The zero-order chi connectivity index (χ0) is 13.4. The molecule has 3 N–H and O–H groups in total. The van der Waals surface area contributed by atoms with Gasteiger partial charge >= 0.3 is 0 Å². The Bertz CT molecular complexity index is 393. The van der Waals surface area contributed by atoms with Gasteiger partial charge in [0.05, 0.1) is 5.56 Å². The van der Waals surface area contributed by atoms with Crippen LogP contribution < -0.4 is 11.1 Å². The largest absolute Gasteiger partial charge is 0.398 e. The van der Waals surface area contributed by atoms with Crippen molar-refractivity contribution in [1.82, 2.24) is 5.32 Å². The van der Waals surface area contributed by atoms with Gasteiger partial charge in [-0.1, -0.05) is 18.6 Å². The van der Waals surface area contributed by atoms with Crippen LogP contribution in [0.2, 0.25) is 0 Å². The van der Waals surface area contributed by atoms with Crippen molar-refractivity contribution in [2.45, 2.75) is 26.2 Å². The number of para-hydroxylation sites is 1. The Morgan fingerprint density at radius 2 is 2.11 bits per heavy atom. The molecular weight excluding hydrogens is 244 g/mol. The normalized spacial score (nSPS) is 10.3. The second-order valence-corrected chi connectivity index (χ2v) is 5.33. The molecule has 100 valence electrons. The summed E-state index contributed by atoms with van der Waals surface area (Å²) >= 11 is 1.86. The van der Waals surface area contributed by atoms with E-state index in [1.165, 1.54) is 12.2 Å². The van der Waals surface area contributed by atoms with Crippen LogP contribution in [-0.4, -0.2) is 24.5 Å². The van der Waals surface area contributed by atoms with Gasteiger partial charge in [-0.15, -0.1) is 0 Å². The highest BCUT2D eigenvalue weighted by Gasteiger charge is 2.09. The fraction of sp³-hybridized carbons (Fsp3) is 0.500. The van der Waals surface area contributed by atoms with E-state index in [-0.39, 0.29) is 5.91 Å². The maximum Gasteiger partial charge on any atom is 0.253 e. The molecule has 0 atom stereocenters. The number of hydrogen-bond acceptors (Lipinski definition) is 3. The van der Waals surface area contributed by atoms with Crippen LogP contribution in [0, 0.1) is 6.92 Å². The van der Waals surface area contributed by atoms with Gasteiger partial charge in [0.15, 0.2) is 0 Å². The van der Waals surface area contributed by atoms with Crippen molar-refractivity contribution in [2.75, 3.05) is 24.3 Å². The summed E-state index contributed by atoms with van der Waals surface area (Å²) in [6.07, 6.45) is 5.51. The monoisotopic (exact) mass is 266 g/mol. The number of carbonyl (C=O) groups is 1. The summed E-state index contributed by atoms with van der Waals surface area (Å²) in [5.74, 6) is 1.12. The second kappa shape index (κ2) is 8.03. The molecule has 0 saturated heterocycles. The highest BCUT2D eigenvalue weighted by Crippen LogP contribution is 2.16. The standard InChI is InChI=1S/C14H22N2OS/c1-11-7-6-8-12(13(11)15)14(17)16-9-4-3-5-10-18-2/h6-8H,3-5,9-10,15H2,1-2H3,(H,16,17).